The van der Waals surface area contributed by atoms with E-state index in [1.165, 1.54) is 0 Å². The zero-order valence-corrected chi connectivity index (χ0v) is 16.2. The Hall–Kier alpha value is -3.09. The number of hydrogen-bond donors (Lipinski definition) is 2. The number of nitrogens with zero attached hydrogens (tertiary/aromatic N) is 1. The number of urea groups is 1. The number of hydrogen-bond acceptors (Lipinski definition) is 4. The fourth-order valence-electron chi connectivity index (χ4n) is 2.92. The number of amides is 3. The first kappa shape index (κ1) is 20.2. The average Bonchev–Trinajstić information content (AvgIpc) is 2.87. The van der Waals surface area contributed by atoms with Crippen LogP contribution in [0.25, 0.3) is 5.69 Å². The summed E-state index contributed by atoms with van der Waals surface area (Å²) in [5.41, 5.74) is 8.99. The van der Waals surface area contributed by atoms with Crippen LogP contribution in [0, 0.1) is 26.7 Å². The molecule has 144 valence electrons. The van der Waals surface area contributed by atoms with Crippen LogP contribution in [0.15, 0.2) is 30.3 Å². The third kappa shape index (κ3) is 4.55. The third-order valence-electron chi connectivity index (χ3n) is 4.29. The molecule has 1 atom stereocenters. The molecule has 0 bridgehead atoms. The number of benzene rings is 1. The Balaban J connectivity index is 2.31. The fourth-order valence-corrected chi connectivity index (χ4v) is 2.92. The van der Waals surface area contributed by atoms with E-state index in [9.17, 15) is 14.4 Å². The smallest absolute Gasteiger partial charge is 0.340 e. The van der Waals surface area contributed by atoms with Crippen molar-refractivity contribution in [1.82, 2.24) is 9.88 Å². The zero-order chi connectivity index (χ0) is 20.3. The summed E-state index contributed by atoms with van der Waals surface area (Å²) < 4.78 is 7.34. The van der Waals surface area contributed by atoms with Crippen LogP contribution in [-0.2, 0) is 9.53 Å². The van der Waals surface area contributed by atoms with Gasteiger partial charge in [0.1, 0.15) is 0 Å². The Labute approximate surface area is 158 Å². The second kappa shape index (κ2) is 8.07. The molecule has 0 aliphatic rings. The van der Waals surface area contributed by atoms with Crippen molar-refractivity contribution in [3.63, 3.8) is 0 Å². The van der Waals surface area contributed by atoms with Crippen molar-refractivity contribution in [3.8, 4) is 5.69 Å². The molecule has 0 spiro atoms. The number of esters is 1. The van der Waals surface area contributed by atoms with Crippen LogP contribution in [-0.4, -0.2) is 28.6 Å². The molecule has 1 heterocycles. The van der Waals surface area contributed by atoms with Gasteiger partial charge >= 0.3 is 12.0 Å². The highest BCUT2D eigenvalue weighted by Gasteiger charge is 2.29. The summed E-state index contributed by atoms with van der Waals surface area (Å²) in [6.07, 6.45) is -1.12. The number of nitrogens with one attached hydrogen (secondary N) is 1. The number of aryl methyl sites for hydroxylation is 2. The highest BCUT2D eigenvalue weighted by atomic mass is 16.5. The summed E-state index contributed by atoms with van der Waals surface area (Å²) in [4.78, 5) is 35.7. The van der Waals surface area contributed by atoms with Crippen molar-refractivity contribution in [2.75, 3.05) is 0 Å². The molecule has 3 N–H and O–H groups in total. The van der Waals surface area contributed by atoms with Crippen LogP contribution in [0.4, 0.5) is 4.79 Å². The number of rotatable bonds is 5. The predicted molar refractivity (Wildman–Crippen MR) is 102 cm³/mol. The molecule has 2 aromatic rings. The number of imide groups is 1. The molecule has 0 saturated carbocycles. The standard InChI is InChI=1S/C20H25N3O4/c1-11(2)17(18(24)22-20(21)26)27-19(25)16-10-13(4)23(14(16)5)15-8-6-12(3)7-9-15/h6-11,17H,1-5H3,(H3,21,22,24,26)/t17-/m0/s1. The summed E-state index contributed by atoms with van der Waals surface area (Å²) in [6.45, 7) is 9.15. The molecule has 0 fully saturated rings. The van der Waals surface area contributed by atoms with Crippen LogP contribution in [0.2, 0.25) is 0 Å². The molecule has 0 aliphatic heterocycles. The molecule has 7 nitrogen and oxygen atoms in total. The Morgan fingerprint density at radius 1 is 1.07 bits per heavy atom. The van der Waals surface area contributed by atoms with Crippen molar-refractivity contribution in [2.24, 2.45) is 11.7 Å². The van der Waals surface area contributed by atoms with Crippen LogP contribution >= 0.6 is 0 Å². The Kier molecular flexibility index (Phi) is 6.05. The number of carbonyl (C=O) groups excluding carboxylic acids is 3. The van der Waals surface area contributed by atoms with E-state index in [1.54, 1.807) is 19.9 Å². The van der Waals surface area contributed by atoms with E-state index < -0.39 is 24.0 Å². The zero-order valence-electron chi connectivity index (χ0n) is 16.2. The minimum absolute atomic E-state index is 0.325. The van der Waals surface area contributed by atoms with Gasteiger partial charge in [-0.3, -0.25) is 10.1 Å². The maximum absolute atomic E-state index is 12.7. The quantitative estimate of drug-likeness (QED) is 0.789. The van der Waals surface area contributed by atoms with Gasteiger partial charge in [0, 0.05) is 17.1 Å². The van der Waals surface area contributed by atoms with Crippen molar-refractivity contribution in [2.45, 2.75) is 40.7 Å². The Bertz CT molecular complexity index is 866. The Morgan fingerprint density at radius 2 is 1.67 bits per heavy atom. The van der Waals surface area contributed by atoms with Gasteiger partial charge in [-0.2, -0.15) is 0 Å². The molecule has 27 heavy (non-hydrogen) atoms. The maximum atomic E-state index is 12.7. The first-order valence-electron chi connectivity index (χ1n) is 8.69. The van der Waals surface area contributed by atoms with Gasteiger partial charge < -0.3 is 15.0 Å². The molecular weight excluding hydrogens is 346 g/mol. The number of aromatic nitrogens is 1. The topological polar surface area (TPSA) is 103 Å². The van der Waals surface area contributed by atoms with E-state index in [-0.39, 0.29) is 5.92 Å². The minimum atomic E-state index is -1.12. The summed E-state index contributed by atoms with van der Waals surface area (Å²) in [7, 11) is 0. The van der Waals surface area contributed by atoms with Gasteiger partial charge in [0.25, 0.3) is 5.91 Å². The summed E-state index contributed by atoms with van der Waals surface area (Å²) in [6, 6.07) is 8.67. The molecule has 0 unspecified atom stereocenters. The molecular formula is C20H25N3O4. The molecule has 1 aromatic heterocycles. The second-order valence-corrected chi connectivity index (χ2v) is 6.88. The van der Waals surface area contributed by atoms with E-state index >= 15 is 0 Å². The van der Waals surface area contributed by atoms with Gasteiger partial charge in [0.2, 0.25) is 0 Å². The maximum Gasteiger partial charge on any atom is 0.340 e. The van der Waals surface area contributed by atoms with Crippen molar-refractivity contribution in [1.29, 1.82) is 0 Å². The van der Waals surface area contributed by atoms with Gasteiger partial charge in [-0.1, -0.05) is 31.5 Å². The van der Waals surface area contributed by atoms with E-state index in [0.29, 0.717) is 11.3 Å². The Morgan fingerprint density at radius 3 is 2.19 bits per heavy atom. The van der Waals surface area contributed by atoms with Crippen LogP contribution in [0.3, 0.4) is 0 Å². The largest absolute Gasteiger partial charge is 0.448 e. The van der Waals surface area contributed by atoms with Gasteiger partial charge in [-0.15, -0.1) is 0 Å². The monoisotopic (exact) mass is 371 g/mol. The predicted octanol–water partition coefficient (Wildman–Crippen LogP) is 2.78. The van der Waals surface area contributed by atoms with Gasteiger partial charge in [0.05, 0.1) is 5.56 Å². The van der Waals surface area contributed by atoms with Gasteiger partial charge in [-0.25, -0.2) is 9.59 Å². The fraction of sp³-hybridized carbons (Fsp3) is 0.350. The lowest BCUT2D eigenvalue weighted by Crippen LogP contribution is -2.45. The average molecular weight is 371 g/mol. The molecule has 1 aromatic carbocycles. The SMILES string of the molecule is Cc1ccc(-n2c(C)cc(C(=O)O[C@H](C(=O)NC(N)=O)C(C)C)c2C)cc1. The lowest BCUT2D eigenvalue weighted by atomic mass is 10.1. The summed E-state index contributed by atoms with van der Waals surface area (Å²) >= 11 is 0. The second-order valence-electron chi connectivity index (χ2n) is 6.88. The van der Waals surface area contributed by atoms with E-state index in [1.807, 2.05) is 54.9 Å². The summed E-state index contributed by atoms with van der Waals surface area (Å²) in [5, 5.41) is 1.96. The number of primary amides is 1. The third-order valence-corrected chi connectivity index (χ3v) is 4.29. The molecule has 2 rings (SSSR count). The van der Waals surface area contributed by atoms with Crippen molar-refractivity contribution < 1.29 is 19.1 Å². The highest BCUT2D eigenvalue weighted by molar-refractivity contribution is 5.98. The first-order chi connectivity index (χ1) is 12.6. The molecule has 3 amide bonds. The highest BCUT2D eigenvalue weighted by Crippen LogP contribution is 2.23. The van der Waals surface area contributed by atoms with Gasteiger partial charge in [-0.05, 0) is 44.9 Å². The normalized spacial score (nSPS) is 11.9. The molecule has 0 saturated heterocycles. The number of carbonyl (C=O) groups is 3. The van der Waals surface area contributed by atoms with E-state index in [0.717, 1.165) is 16.9 Å². The lowest BCUT2D eigenvalue weighted by molar-refractivity contribution is -0.130. The molecule has 7 heteroatoms. The van der Waals surface area contributed by atoms with E-state index in [2.05, 4.69) is 0 Å². The van der Waals surface area contributed by atoms with Gasteiger partial charge in [0.15, 0.2) is 6.10 Å². The van der Waals surface area contributed by atoms with Crippen LogP contribution in [0.1, 0.15) is 41.2 Å². The lowest BCUT2D eigenvalue weighted by Gasteiger charge is -2.20. The number of ether oxygens (including phenoxy) is 1. The molecule has 0 aliphatic carbocycles. The van der Waals surface area contributed by atoms with Crippen LogP contribution < -0.4 is 11.1 Å². The minimum Gasteiger partial charge on any atom is -0.448 e. The number of nitrogens with two attached hydrogens (primary N) is 1. The molecule has 0 radical (unpaired) electrons. The van der Waals surface area contributed by atoms with Crippen molar-refractivity contribution >= 4 is 17.9 Å². The van der Waals surface area contributed by atoms with E-state index in [4.69, 9.17) is 10.5 Å². The summed E-state index contributed by atoms with van der Waals surface area (Å²) in [5.74, 6) is -1.69. The first-order valence-corrected chi connectivity index (χ1v) is 8.69. The van der Waals surface area contributed by atoms with Crippen LogP contribution in [0.5, 0.6) is 0 Å². The van der Waals surface area contributed by atoms with Crippen molar-refractivity contribution in [3.05, 3.63) is 52.8 Å².